The van der Waals surface area contributed by atoms with Crippen LogP contribution in [0.3, 0.4) is 0 Å². The van der Waals surface area contributed by atoms with Crippen molar-refractivity contribution >= 4 is 11.9 Å². The van der Waals surface area contributed by atoms with E-state index >= 15 is 0 Å². The van der Waals surface area contributed by atoms with Crippen LogP contribution in [0.4, 0.5) is 0 Å². The molecule has 0 radical (unpaired) electrons. The van der Waals surface area contributed by atoms with E-state index in [1.54, 1.807) is 0 Å². The van der Waals surface area contributed by atoms with E-state index in [4.69, 9.17) is 5.11 Å². The summed E-state index contributed by atoms with van der Waals surface area (Å²) in [7, 11) is 0. The fourth-order valence-corrected chi connectivity index (χ4v) is 3.12. The predicted octanol–water partition coefficient (Wildman–Crippen LogP) is 0.862. The average molecular weight is 312 g/mol. The standard InChI is InChI=1S/C16H28N2O4/c1-3-5-12-7-14(16(21)22)18(9-12)10-13(6-4-2)8-17-15(20)11-19/h3,5,12-14,19H,4,6-11H2,1-2H3,(H,17,20)(H,21,22)/t12-,13?,14+/m0/s1. The molecule has 126 valence electrons. The third-order valence-electron chi connectivity index (χ3n) is 4.11. The van der Waals surface area contributed by atoms with Gasteiger partial charge in [0.1, 0.15) is 12.6 Å². The highest BCUT2D eigenvalue weighted by Gasteiger charge is 2.36. The molecule has 1 amide bonds. The van der Waals surface area contributed by atoms with Gasteiger partial charge in [0.15, 0.2) is 0 Å². The van der Waals surface area contributed by atoms with E-state index < -0.39 is 18.6 Å². The van der Waals surface area contributed by atoms with Crippen molar-refractivity contribution in [3.8, 4) is 0 Å². The lowest BCUT2D eigenvalue weighted by molar-refractivity contribution is -0.142. The van der Waals surface area contributed by atoms with Crippen molar-refractivity contribution < 1.29 is 19.8 Å². The quantitative estimate of drug-likeness (QED) is 0.550. The van der Waals surface area contributed by atoms with Crippen LogP contribution in [0.15, 0.2) is 12.2 Å². The molecule has 1 heterocycles. The van der Waals surface area contributed by atoms with E-state index in [0.717, 1.165) is 19.4 Å². The minimum absolute atomic E-state index is 0.201. The number of nitrogens with zero attached hydrogens (tertiary/aromatic N) is 1. The highest BCUT2D eigenvalue weighted by atomic mass is 16.4. The van der Waals surface area contributed by atoms with Gasteiger partial charge in [0.25, 0.3) is 0 Å². The van der Waals surface area contributed by atoms with E-state index in [1.807, 2.05) is 17.9 Å². The summed E-state index contributed by atoms with van der Waals surface area (Å²) in [6.45, 7) is 5.39. The first kappa shape index (κ1) is 18.6. The highest BCUT2D eigenvalue weighted by Crippen LogP contribution is 2.26. The fourth-order valence-electron chi connectivity index (χ4n) is 3.12. The molecular weight excluding hydrogens is 284 g/mol. The van der Waals surface area contributed by atoms with Gasteiger partial charge in [-0.1, -0.05) is 25.5 Å². The minimum atomic E-state index is -0.776. The lowest BCUT2D eigenvalue weighted by Crippen LogP contribution is -2.42. The highest BCUT2D eigenvalue weighted by molar-refractivity contribution is 5.76. The number of hydrogen-bond donors (Lipinski definition) is 3. The third-order valence-corrected chi connectivity index (χ3v) is 4.11. The summed E-state index contributed by atoms with van der Waals surface area (Å²) in [5.41, 5.74) is 0. The first-order valence-corrected chi connectivity index (χ1v) is 7.99. The summed E-state index contributed by atoms with van der Waals surface area (Å²) in [5, 5.41) is 20.9. The van der Waals surface area contributed by atoms with Gasteiger partial charge >= 0.3 is 5.97 Å². The third kappa shape index (κ3) is 5.77. The SMILES string of the molecule is CC=C[C@H]1C[C@H](C(=O)O)N(CC(CCC)CNC(=O)CO)C1. The normalized spacial score (nSPS) is 23.8. The molecular formula is C16H28N2O4. The maximum atomic E-state index is 11.4. The second-order valence-electron chi connectivity index (χ2n) is 5.95. The molecule has 3 atom stereocenters. The van der Waals surface area contributed by atoms with E-state index in [9.17, 15) is 14.7 Å². The zero-order chi connectivity index (χ0) is 16.5. The number of carbonyl (C=O) groups excluding carboxylic acids is 1. The monoisotopic (exact) mass is 312 g/mol. The lowest BCUT2D eigenvalue weighted by Gasteiger charge is -2.27. The first-order chi connectivity index (χ1) is 10.5. The van der Waals surface area contributed by atoms with Gasteiger partial charge in [-0.25, -0.2) is 0 Å². The molecule has 6 nitrogen and oxygen atoms in total. The molecule has 1 saturated heterocycles. The van der Waals surface area contributed by atoms with Crippen LogP contribution >= 0.6 is 0 Å². The number of hydrogen-bond acceptors (Lipinski definition) is 4. The Kier molecular flexibility index (Phi) is 8.12. The Bertz CT molecular complexity index is 398. The van der Waals surface area contributed by atoms with Gasteiger partial charge in [0, 0.05) is 19.6 Å². The molecule has 1 aliphatic heterocycles. The molecule has 0 spiro atoms. The molecule has 1 fully saturated rings. The van der Waals surface area contributed by atoms with Crippen molar-refractivity contribution in [1.82, 2.24) is 10.2 Å². The molecule has 0 aromatic rings. The smallest absolute Gasteiger partial charge is 0.320 e. The molecule has 0 aromatic heterocycles. The Morgan fingerprint density at radius 3 is 2.73 bits per heavy atom. The molecule has 0 bridgehead atoms. The van der Waals surface area contributed by atoms with E-state index in [0.29, 0.717) is 19.5 Å². The second kappa shape index (κ2) is 9.58. The van der Waals surface area contributed by atoms with Crippen LogP contribution in [0.25, 0.3) is 0 Å². The first-order valence-electron chi connectivity index (χ1n) is 7.99. The molecule has 0 aromatic carbocycles. The summed E-state index contributed by atoms with van der Waals surface area (Å²) >= 11 is 0. The molecule has 1 rings (SSSR count). The molecule has 0 saturated carbocycles. The van der Waals surface area contributed by atoms with Gasteiger partial charge in [-0.2, -0.15) is 0 Å². The number of rotatable bonds is 9. The van der Waals surface area contributed by atoms with E-state index in [-0.39, 0.29) is 17.7 Å². The van der Waals surface area contributed by atoms with Crippen molar-refractivity contribution in [2.45, 2.75) is 39.2 Å². The Morgan fingerprint density at radius 2 is 2.18 bits per heavy atom. The van der Waals surface area contributed by atoms with Gasteiger partial charge in [0.2, 0.25) is 5.91 Å². The van der Waals surface area contributed by atoms with Crippen LogP contribution < -0.4 is 5.32 Å². The Labute approximate surface area is 132 Å². The maximum absolute atomic E-state index is 11.4. The van der Waals surface area contributed by atoms with Crippen LogP contribution in [-0.2, 0) is 9.59 Å². The largest absolute Gasteiger partial charge is 0.480 e. The molecule has 1 aliphatic rings. The van der Waals surface area contributed by atoms with E-state index in [1.165, 1.54) is 0 Å². The van der Waals surface area contributed by atoms with Crippen molar-refractivity contribution in [3.63, 3.8) is 0 Å². The Balaban J connectivity index is 2.64. The lowest BCUT2D eigenvalue weighted by atomic mass is 10.0. The van der Waals surface area contributed by atoms with Gasteiger partial charge in [-0.3, -0.25) is 14.5 Å². The van der Waals surface area contributed by atoms with Gasteiger partial charge in [-0.05, 0) is 31.6 Å². The van der Waals surface area contributed by atoms with Crippen LogP contribution in [-0.4, -0.2) is 59.3 Å². The molecule has 0 aliphatic carbocycles. The maximum Gasteiger partial charge on any atom is 0.320 e. The average Bonchev–Trinajstić information content (AvgIpc) is 2.88. The van der Waals surface area contributed by atoms with Crippen molar-refractivity contribution in [2.75, 3.05) is 26.2 Å². The summed E-state index contributed by atoms with van der Waals surface area (Å²) < 4.78 is 0. The predicted molar refractivity (Wildman–Crippen MR) is 84.4 cm³/mol. The van der Waals surface area contributed by atoms with Crippen LogP contribution in [0.1, 0.15) is 33.1 Å². The number of carboxylic acids is 1. The zero-order valence-electron chi connectivity index (χ0n) is 13.5. The molecule has 22 heavy (non-hydrogen) atoms. The Morgan fingerprint density at radius 1 is 1.45 bits per heavy atom. The number of nitrogens with one attached hydrogen (secondary N) is 1. The number of carboxylic acid groups (broad SMARTS) is 1. The number of allylic oxidation sites excluding steroid dienone is 1. The summed E-state index contributed by atoms with van der Waals surface area (Å²) in [5.74, 6) is -0.683. The molecule has 6 heteroatoms. The van der Waals surface area contributed by atoms with Crippen LogP contribution in [0.5, 0.6) is 0 Å². The van der Waals surface area contributed by atoms with Crippen molar-refractivity contribution in [1.29, 1.82) is 0 Å². The fraction of sp³-hybridized carbons (Fsp3) is 0.750. The topological polar surface area (TPSA) is 89.9 Å². The summed E-state index contributed by atoms with van der Waals surface area (Å²) in [6.07, 6.45) is 6.57. The van der Waals surface area contributed by atoms with Gasteiger partial charge < -0.3 is 15.5 Å². The minimum Gasteiger partial charge on any atom is -0.480 e. The zero-order valence-corrected chi connectivity index (χ0v) is 13.5. The number of carbonyl (C=O) groups is 2. The van der Waals surface area contributed by atoms with Gasteiger partial charge in [0.05, 0.1) is 0 Å². The van der Waals surface area contributed by atoms with E-state index in [2.05, 4.69) is 18.3 Å². The number of amides is 1. The Hall–Kier alpha value is -1.40. The van der Waals surface area contributed by atoms with Crippen molar-refractivity contribution in [3.05, 3.63) is 12.2 Å². The number of likely N-dealkylation sites (tertiary alicyclic amines) is 1. The number of aliphatic carboxylic acids is 1. The van der Waals surface area contributed by atoms with Crippen LogP contribution in [0, 0.1) is 11.8 Å². The molecule has 3 N–H and O–H groups in total. The second-order valence-corrected chi connectivity index (χ2v) is 5.95. The number of aliphatic hydroxyl groups is 1. The van der Waals surface area contributed by atoms with Gasteiger partial charge in [-0.15, -0.1) is 0 Å². The van der Waals surface area contributed by atoms with Crippen LogP contribution in [0.2, 0.25) is 0 Å². The molecule has 1 unspecified atom stereocenters. The summed E-state index contributed by atoms with van der Waals surface area (Å²) in [6, 6.07) is -0.450. The number of aliphatic hydroxyl groups excluding tert-OH is 1. The van der Waals surface area contributed by atoms with Crippen molar-refractivity contribution in [2.24, 2.45) is 11.8 Å². The summed E-state index contributed by atoms with van der Waals surface area (Å²) in [4.78, 5) is 24.6.